The quantitative estimate of drug-likeness (QED) is 0.724. The zero-order valence-electron chi connectivity index (χ0n) is 14.9. The summed E-state index contributed by atoms with van der Waals surface area (Å²) in [7, 11) is 1.75. The van der Waals surface area contributed by atoms with Gasteiger partial charge in [-0.15, -0.1) is 0 Å². The highest BCUT2D eigenvalue weighted by Crippen LogP contribution is 2.46. The van der Waals surface area contributed by atoms with Crippen LogP contribution in [0, 0.1) is 0 Å². The Morgan fingerprint density at radius 1 is 1.26 bits per heavy atom. The molecule has 0 amide bonds. The minimum atomic E-state index is -1.05. The predicted molar refractivity (Wildman–Crippen MR) is 106 cm³/mol. The van der Waals surface area contributed by atoms with Gasteiger partial charge in [0.2, 0.25) is 0 Å². The van der Waals surface area contributed by atoms with Gasteiger partial charge in [0.25, 0.3) is 0 Å². The van der Waals surface area contributed by atoms with E-state index in [1.807, 2.05) is 0 Å². The number of ether oxygens (including phenoxy) is 1. The number of fused-ring (bicyclic) bond motifs is 1. The SMILES string of the molecule is C/C=C1/Oc2cc(O)c(Cl)cc2C(c2cn(C)cc2C(=O)O)=C1/C=C(\C)Cl. The number of benzene rings is 1. The zero-order chi connectivity index (χ0) is 19.9. The summed E-state index contributed by atoms with van der Waals surface area (Å²) in [5, 5.41) is 20.3. The van der Waals surface area contributed by atoms with Crippen LogP contribution in [0.5, 0.6) is 11.5 Å². The number of carboxylic acids is 1. The highest BCUT2D eigenvalue weighted by molar-refractivity contribution is 6.32. The van der Waals surface area contributed by atoms with Gasteiger partial charge in [-0.25, -0.2) is 4.79 Å². The Kier molecular flexibility index (Phi) is 5.09. The van der Waals surface area contributed by atoms with Crippen molar-refractivity contribution in [2.75, 3.05) is 0 Å². The van der Waals surface area contributed by atoms with E-state index in [2.05, 4.69) is 0 Å². The molecule has 0 unspecified atom stereocenters. The molecule has 1 aliphatic heterocycles. The molecule has 0 radical (unpaired) electrons. The van der Waals surface area contributed by atoms with Gasteiger partial charge in [0.15, 0.2) is 0 Å². The van der Waals surface area contributed by atoms with Gasteiger partial charge in [-0.1, -0.05) is 23.2 Å². The molecule has 0 atom stereocenters. The molecule has 1 aromatic carbocycles. The van der Waals surface area contributed by atoms with Crippen molar-refractivity contribution in [3.63, 3.8) is 0 Å². The lowest BCUT2D eigenvalue weighted by atomic mass is 9.88. The second-order valence-corrected chi connectivity index (χ2v) is 7.13. The molecule has 2 aromatic rings. The molecule has 0 saturated heterocycles. The maximum absolute atomic E-state index is 11.8. The molecular formula is C20H17Cl2NO4. The lowest BCUT2D eigenvalue weighted by molar-refractivity contribution is 0.0696. The molecule has 2 N–H and O–H groups in total. The summed E-state index contributed by atoms with van der Waals surface area (Å²) in [5.74, 6) is -0.294. The highest BCUT2D eigenvalue weighted by atomic mass is 35.5. The first-order valence-corrected chi connectivity index (χ1v) is 8.83. The third-order valence-electron chi connectivity index (χ3n) is 4.13. The van der Waals surface area contributed by atoms with Gasteiger partial charge in [0.1, 0.15) is 17.3 Å². The van der Waals surface area contributed by atoms with Crippen LogP contribution in [0.25, 0.3) is 5.57 Å². The molecule has 3 rings (SSSR count). The first kappa shape index (κ1) is 19.1. The summed E-state index contributed by atoms with van der Waals surface area (Å²) < 4.78 is 7.59. The van der Waals surface area contributed by atoms with E-state index < -0.39 is 5.97 Å². The van der Waals surface area contributed by atoms with Crippen LogP contribution in [0.1, 0.15) is 35.3 Å². The minimum absolute atomic E-state index is 0.121. The van der Waals surface area contributed by atoms with E-state index in [9.17, 15) is 15.0 Å². The number of aromatic nitrogens is 1. The Bertz CT molecular complexity index is 1040. The number of hydrogen-bond donors (Lipinski definition) is 2. The molecule has 0 spiro atoms. The zero-order valence-corrected chi connectivity index (χ0v) is 16.4. The number of carbonyl (C=O) groups is 1. The molecule has 1 aliphatic rings. The fourth-order valence-corrected chi connectivity index (χ4v) is 3.34. The van der Waals surface area contributed by atoms with Gasteiger partial charge >= 0.3 is 5.97 Å². The number of halogens is 2. The number of carboxylic acid groups (broad SMARTS) is 1. The van der Waals surface area contributed by atoms with E-state index in [1.54, 1.807) is 49.9 Å². The summed E-state index contributed by atoms with van der Waals surface area (Å²) in [5.41, 5.74) is 2.46. The number of nitrogens with zero attached hydrogens (tertiary/aromatic N) is 1. The summed E-state index contributed by atoms with van der Waals surface area (Å²) >= 11 is 12.3. The number of phenolic OH excluding ortho intramolecular Hbond substituents is 1. The van der Waals surface area contributed by atoms with Gasteiger partial charge in [-0.2, -0.15) is 0 Å². The first-order chi connectivity index (χ1) is 12.7. The molecular weight excluding hydrogens is 389 g/mol. The number of allylic oxidation sites excluding steroid dienone is 3. The molecule has 5 nitrogen and oxygen atoms in total. The number of aryl methyl sites for hydroxylation is 1. The third-order valence-corrected chi connectivity index (χ3v) is 4.55. The van der Waals surface area contributed by atoms with Crippen LogP contribution in [0.2, 0.25) is 5.02 Å². The molecule has 7 heteroatoms. The second-order valence-electron chi connectivity index (χ2n) is 6.13. The predicted octanol–water partition coefficient (Wildman–Crippen LogP) is 5.32. The summed E-state index contributed by atoms with van der Waals surface area (Å²) in [4.78, 5) is 11.8. The number of hydrogen-bond acceptors (Lipinski definition) is 3. The average molecular weight is 406 g/mol. The normalized spacial score (nSPS) is 15.7. The Balaban J connectivity index is 2.47. The van der Waals surface area contributed by atoms with E-state index in [-0.39, 0.29) is 16.3 Å². The molecule has 0 fully saturated rings. The van der Waals surface area contributed by atoms with Gasteiger partial charge in [-0.05, 0) is 32.1 Å². The van der Waals surface area contributed by atoms with Crippen molar-refractivity contribution in [3.8, 4) is 11.5 Å². The minimum Gasteiger partial charge on any atom is -0.506 e. The number of phenols is 1. The standard InChI is InChI=1S/C20H17Cl2NO4/c1-4-17-11(5-10(2)21)19(13-8-23(3)9-14(13)20(25)26)12-6-15(22)16(24)7-18(12)27-17/h4-9,24H,1-3H3,(H,25,26)/b10-5+,17-4+. The van der Waals surface area contributed by atoms with Crippen molar-refractivity contribution < 1.29 is 19.7 Å². The average Bonchev–Trinajstić information content (AvgIpc) is 2.97. The van der Waals surface area contributed by atoms with Crippen LogP contribution >= 0.6 is 23.2 Å². The van der Waals surface area contributed by atoms with Crippen molar-refractivity contribution in [2.24, 2.45) is 7.05 Å². The van der Waals surface area contributed by atoms with Crippen molar-refractivity contribution in [2.45, 2.75) is 13.8 Å². The Hall–Kier alpha value is -2.63. The largest absolute Gasteiger partial charge is 0.506 e. The third kappa shape index (κ3) is 3.48. The number of aromatic carboxylic acids is 1. The van der Waals surface area contributed by atoms with E-state index >= 15 is 0 Å². The molecule has 2 heterocycles. The van der Waals surface area contributed by atoms with Crippen LogP contribution in [-0.2, 0) is 7.05 Å². The van der Waals surface area contributed by atoms with Gasteiger partial charge < -0.3 is 19.5 Å². The molecule has 0 saturated carbocycles. The summed E-state index contributed by atoms with van der Waals surface area (Å²) in [6, 6.07) is 2.97. The monoisotopic (exact) mass is 405 g/mol. The molecule has 1 aromatic heterocycles. The topological polar surface area (TPSA) is 71.7 Å². The van der Waals surface area contributed by atoms with Crippen molar-refractivity contribution >= 4 is 34.7 Å². The number of rotatable bonds is 3. The first-order valence-electron chi connectivity index (χ1n) is 8.08. The van der Waals surface area contributed by atoms with Crippen LogP contribution in [-0.4, -0.2) is 20.7 Å². The molecule has 0 aliphatic carbocycles. The Morgan fingerprint density at radius 2 is 1.96 bits per heavy atom. The Labute approximate surface area is 166 Å². The molecule has 0 bridgehead atoms. The van der Waals surface area contributed by atoms with Crippen LogP contribution in [0.15, 0.2) is 53.0 Å². The fourth-order valence-electron chi connectivity index (χ4n) is 3.06. The van der Waals surface area contributed by atoms with Crippen molar-refractivity contribution in [1.82, 2.24) is 4.57 Å². The van der Waals surface area contributed by atoms with Gasteiger partial charge in [-0.3, -0.25) is 0 Å². The van der Waals surface area contributed by atoms with E-state index in [0.29, 0.717) is 38.8 Å². The summed E-state index contributed by atoms with van der Waals surface area (Å²) in [6.07, 6.45) is 6.73. The lowest BCUT2D eigenvalue weighted by Gasteiger charge is -2.25. The highest BCUT2D eigenvalue weighted by Gasteiger charge is 2.29. The van der Waals surface area contributed by atoms with Gasteiger partial charge in [0.05, 0.1) is 10.6 Å². The van der Waals surface area contributed by atoms with Crippen molar-refractivity contribution in [3.05, 3.63) is 74.8 Å². The molecule has 27 heavy (non-hydrogen) atoms. The Morgan fingerprint density at radius 3 is 2.56 bits per heavy atom. The maximum Gasteiger partial charge on any atom is 0.337 e. The maximum atomic E-state index is 11.8. The van der Waals surface area contributed by atoms with Gasteiger partial charge in [0, 0.05) is 52.8 Å². The van der Waals surface area contributed by atoms with E-state index in [4.69, 9.17) is 27.9 Å². The smallest absolute Gasteiger partial charge is 0.337 e. The van der Waals surface area contributed by atoms with E-state index in [1.165, 1.54) is 12.3 Å². The lowest BCUT2D eigenvalue weighted by Crippen LogP contribution is -2.11. The van der Waals surface area contributed by atoms with E-state index in [0.717, 1.165) is 0 Å². The van der Waals surface area contributed by atoms with Crippen LogP contribution in [0.4, 0.5) is 0 Å². The molecule has 140 valence electrons. The number of aromatic hydroxyl groups is 1. The second kappa shape index (κ2) is 7.18. The van der Waals surface area contributed by atoms with Crippen molar-refractivity contribution in [1.29, 1.82) is 0 Å². The summed E-state index contributed by atoms with van der Waals surface area (Å²) in [6.45, 7) is 3.52. The fraction of sp³-hybridized carbons (Fsp3) is 0.150. The van der Waals surface area contributed by atoms with Crippen LogP contribution in [0.3, 0.4) is 0 Å². The van der Waals surface area contributed by atoms with Crippen LogP contribution < -0.4 is 4.74 Å².